The molecule has 160 valence electrons. The van der Waals surface area contributed by atoms with Crippen molar-refractivity contribution in [3.8, 4) is 11.5 Å². The van der Waals surface area contributed by atoms with Gasteiger partial charge in [-0.25, -0.2) is 0 Å². The molecule has 2 aromatic rings. The first kappa shape index (κ1) is 21.4. The molecule has 1 aromatic heterocycles. The third-order valence-electron chi connectivity index (χ3n) is 5.27. The zero-order chi connectivity index (χ0) is 21.8. The maximum absolute atomic E-state index is 13.4. The van der Waals surface area contributed by atoms with E-state index in [9.17, 15) is 14.4 Å². The fourth-order valence-electron chi connectivity index (χ4n) is 3.74. The van der Waals surface area contributed by atoms with E-state index in [1.807, 2.05) is 0 Å². The van der Waals surface area contributed by atoms with Crippen LogP contribution in [0.3, 0.4) is 0 Å². The van der Waals surface area contributed by atoms with Gasteiger partial charge in [0, 0.05) is 30.3 Å². The lowest BCUT2D eigenvalue weighted by Gasteiger charge is -2.22. The number of nitrogens with one attached hydrogen (secondary N) is 1. The molecule has 1 aliphatic carbocycles. The first-order valence-corrected chi connectivity index (χ1v) is 9.70. The van der Waals surface area contributed by atoms with Crippen LogP contribution in [0.5, 0.6) is 11.5 Å². The van der Waals surface area contributed by atoms with Gasteiger partial charge in [0.15, 0.2) is 5.78 Å². The maximum atomic E-state index is 13.4. The van der Waals surface area contributed by atoms with Gasteiger partial charge in [-0.2, -0.15) is 0 Å². The standard InChI is InChI=1S/C22H26N2O6/c1-13-20-17(6-5-7-18(20)25)23-21(13)22(27)24(12-19(26)30-4)11-14-8-15(28-2)10-16(9-14)29-3/h8-10,23H,5-7,11-12H2,1-4H3. The van der Waals surface area contributed by atoms with Crippen LogP contribution in [0, 0.1) is 6.92 Å². The number of esters is 1. The summed E-state index contributed by atoms with van der Waals surface area (Å²) in [6.45, 7) is 1.67. The van der Waals surface area contributed by atoms with E-state index in [4.69, 9.17) is 14.2 Å². The monoisotopic (exact) mass is 414 g/mol. The van der Waals surface area contributed by atoms with E-state index in [0.29, 0.717) is 34.7 Å². The number of hydrogen-bond acceptors (Lipinski definition) is 6. The highest BCUT2D eigenvalue weighted by Gasteiger charge is 2.29. The number of carbonyl (C=O) groups is 3. The number of aryl methyl sites for hydroxylation is 1. The number of amides is 1. The molecule has 0 radical (unpaired) electrons. The summed E-state index contributed by atoms with van der Waals surface area (Å²) in [7, 11) is 4.36. The number of carbonyl (C=O) groups excluding carboxylic acids is 3. The van der Waals surface area contributed by atoms with E-state index in [2.05, 4.69) is 4.98 Å². The van der Waals surface area contributed by atoms with E-state index < -0.39 is 5.97 Å². The predicted octanol–water partition coefficient (Wildman–Crippen LogP) is 2.67. The average molecular weight is 414 g/mol. The lowest BCUT2D eigenvalue weighted by atomic mass is 9.93. The van der Waals surface area contributed by atoms with Gasteiger partial charge >= 0.3 is 5.97 Å². The molecule has 0 aliphatic heterocycles. The van der Waals surface area contributed by atoms with Crippen LogP contribution >= 0.6 is 0 Å². The van der Waals surface area contributed by atoms with Gasteiger partial charge < -0.3 is 24.1 Å². The van der Waals surface area contributed by atoms with Gasteiger partial charge in [0.2, 0.25) is 0 Å². The highest BCUT2D eigenvalue weighted by atomic mass is 16.5. The number of aromatic nitrogens is 1. The first-order valence-electron chi connectivity index (χ1n) is 9.70. The fraction of sp³-hybridized carbons (Fsp3) is 0.409. The second-order valence-corrected chi connectivity index (χ2v) is 7.21. The molecule has 0 atom stereocenters. The van der Waals surface area contributed by atoms with Crippen LogP contribution in [0.4, 0.5) is 0 Å². The summed E-state index contributed by atoms with van der Waals surface area (Å²) in [5.74, 6) is 0.283. The molecule has 1 heterocycles. The Morgan fingerprint density at radius 2 is 1.73 bits per heavy atom. The molecule has 1 amide bonds. The maximum Gasteiger partial charge on any atom is 0.325 e. The third kappa shape index (κ3) is 4.32. The molecule has 1 aromatic carbocycles. The van der Waals surface area contributed by atoms with E-state index in [1.165, 1.54) is 12.0 Å². The van der Waals surface area contributed by atoms with Gasteiger partial charge in [0.25, 0.3) is 5.91 Å². The lowest BCUT2D eigenvalue weighted by Crippen LogP contribution is -2.36. The minimum atomic E-state index is -0.539. The zero-order valence-electron chi connectivity index (χ0n) is 17.7. The van der Waals surface area contributed by atoms with Crippen LogP contribution in [0.25, 0.3) is 0 Å². The van der Waals surface area contributed by atoms with Gasteiger partial charge in [-0.3, -0.25) is 14.4 Å². The minimum absolute atomic E-state index is 0.0427. The van der Waals surface area contributed by atoms with Crippen LogP contribution in [0.15, 0.2) is 18.2 Å². The highest BCUT2D eigenvalue weighted by molar-refractivity contribution is 6.04. The average Bonchev–Trinajstić information content (AvgIpc) is 3.09. The molecule has 30 heavy (non-hydrogen) atoms. The molecule has 0 unspecified atom stereocenters. The van der Waals surface area contributed by atoms with Crippen molar-refractivity contribution in [3.63, 3.8) is 0 Å². The lowest BCUT2D eigenvalue weighted by molar-refractivity contribution is -0.141. The number of methoxy groups -OCH3 is 3. The van der Waals surface area contributed by atoms with E-state index >= 15 is 0 Å². The number of H-pyrrole nitrogens is 1. The molecular weight excluding hydrogens is 388 g/mol. The molecule has 1 aliphatic rings. The normalized spacial score (nSPS) is 12.9. The summed E-state index contributed by atoms with van der Waals surface area (Å²) in [5, 5.41) is 0. The number of aromatic amines is 1. The largest absolute Gasteiger partial charge is 0.497 e. The minimum Gasteiger partial charge on any atom is -0.497 e. The first-order chi connectivity index (χ1) is 14.4. The number of ether oxygens (including phenoxy) is 3. The van der Waals surface area contributed by atoms with Gasteiger partial charge in [0.05, 0.1) is 21.3 Å². The summed E-state index contributed by atoms with van der Waals surface area (Å²) in [6.07, 6.45) is 1.96. The Hall–Kier alpha value is -3.29. The molecule has 0 spiro atoms. The number of nitrogens with zero attached hydrogens (tertiary/aromatic N) is 1. The van der Waals surface area contributed by atoms with Crippen molar-refractivity contribution >= 4 is 17.7 Å². The number of hydrogen-bond donors (Lipinski definition) is 1. The van der Waals surface area contributed by atoms with Crippen molar-refractivity contribution in [3.05, 3.63) is 46.3 Å². The third-order valence-corrected chi connectivity index (χ3v) is 5.27. The molecule has 3 rings (SSSR count). The van der Waals surface area contributed by atoms with Gasteiger partial charge in [-0.15, -0.1) is 0 Å². The summed E-state index contributed by atoms with van der Waals surface area (Å²) < 4.78 is 15.4. The Kier molecular flexibility index (Phi) is 6.44. The van der Waals surface area contributed by atoms with Crippen LogP contribution in [0.1, 0.15) is 50.5 Å². The van der Waals surface area contributed by atoms with Gasteiger partial charge in [0.1, 0.15) is 23.7 Å². The molecule has 0 bridgehead atoms. The molecule has 8 heteroatoms. The number of ketones is 1. The van der Waals surface area contributed by atoms with Crippen LogP contribution in [-0.4, -0.2) is 55.4 Å². The quantitative estimate of drug-likeness (QED) is 0.700. The zero-order valence-corrected chi connectivity index (χ0v) is 17.7. The fourth-order valence-corrected chi connectivity index (χ4v) is 3.74. The Bertz CT molecular complexity index is 956. The second kappa shape index (κ2) is 9.02. The number of fused-ring (bicyclic) bond motifs is 1. The summed E-state index contributed by atoms with van der Waals surface area (Å²) >= 11 is 0. The number of Topliss-reactive ketones (excluding diaryl/α,β-unsaturated/α-hetero) is 1. The summed E-state index contributed by atoms with van der Waals surface area (Å²) in [4.78, 5) is 42.2. The van der Waals surface area contributed by atoms with Crippen molar-refractivity contribution in [1.29, 1.82) is 0 Å². The highest BCUT2D eigenvalue weighted by Crippen LogP contribution is 2.28. The Labute approximate surface area is 175 Å². The molecule has 0 saturated carbocycles. The van der Waals surface area contributed by atoms with Crippen molar-refractivity contribution in [2.45, 2.75) is 32.7 Å². The van der Waals surface area contributed by atoms with Crippen molar-refractivity contribution in [1.82, 2.24) is 9.88 Å². The Morgan fingerprint density at radius 1 is 1.07 bits per heavy atom. The van der Waals surface area contributed by atoms with Gasteiger partial charge in [-0.05, 0) is 43.0 Å². The predicted molar refractivity (Wildman–Crippen MR) is 109 cm³/mol. The van der Waals surface area contributed by atoms with Gasteiger partial charge in [-0.1, -0.05) is 0 Å². The molecule has 1 N–H and O–H groups in total. The molecule has 0 saturated heterocycles. The number of rotatable bonds is 7. The van der Waals surface area contributed by atoms with Crippen LogP contribution in [0.2, 0.25) is 0 Å². The molecular formula is C22H26N2O6. The van der Waals surface area contributed by atoms with Crippen molar-refractivity contribution in [2.75, 3.05) is 27.9 Å². The summed E-state index contributed by atoms with van der Waals surface area (Å²) in [5.41, 5.74) is 3.07. The number of benzene rings is 1. The summed E-state index contributed by atoms with van der Waals surface area (Å²) in [6, 6.07) is 5.27. The van der Waals surface area contributed by atoms with E-state index in [0.717, 1.165) is 24.1 Å². The van der Waals surface area contributed by atoms with E-state index in [1.54, 1.807) is 39.3 Å². The smallest absolute Gasteiger partial charge is 0.325 e. The molecule has 0 fully saturated rings. The van der Waals surface area contributed by atoms with Crippen LogP contribution in [-0.2, 0) is 22.5 Å². The Balaban J connectivity index is 1.96. The Morgan fingerprint density at radius 3 is 2.30 bits per heavy atom. The van der Waals surface area contributed by atoms with Crippen LogP contribution < -0.4 is 9.47 Å². The second-order valence-electron chi connectivity index (χ2n) is 7.21. The van der Waals surface area contributed by atoms with Crippen molar-refractivity contribution in [2.24, 2.45) is 0 Å². The van der Waals surface area contributed by atoms with E-state index in [-0.39, 0.29) is 24.8 Å². The topological polar surface area (TPSA) is 97.9 Å². The van der Waals surface area contributed by atoms with Crippen molar-refractivity contribution < 1.29 is 28.6 Å². The molecule has 8 nitrogen and oxygen atoms in total. The SMILES string of the molecule is COC(=O)CN(Cc1cc(OC)cc(OC)c1)C(=O)c1[nH]c2c(c1C)C(=O)CCC2.